The Morgan fingerprint density at radius 1 is 1.25 bits per heavy atom. The van der Waals surface area contributed by atoms with Gasteiger partial charge in [0.1, 0.15) is 12.4 Å². The summed E-state index contributed by atoms with van der Waals surface area (Å²) >= 11 is 1.64. The Hall–Kier alpha value is -1.92. The molecule has 0 radical (unpaired) electrons. The molecule has 3 heterocycles. The zero-order chi connectivity index (χ0) is 16.6. The molecule has 0 spiro atoms. The number of hydrogen-bond donors (Lipinski definition) is 0. The van der Waals surface area contributed by atoms with E-state index in [1.165, 1.54) is 0 Å². The molecule has 1 aliphatic rings. The van der Waals surface area contributed by atoms with Crippen molar-refractivity contribution in [1.82, 2.24) is 9.88 Å². The van der Waals surface area contributed by atoms with E-state index in [1.54, 1.807) is 23.7 Å². The van der Waals surface area contributed by atoms with Crippen molar-refractivity contribution >= 4 is 17.2 Å². The first-order valence-electron chi connectivity index (χ1n) is 8.26. The molecule has 3 rings (SSSR count). The van der Waals surface area contributed by atoms with Gasteiger partial charge in [0.05, 0.1) is 25.3 Å². The Kier molecular flexibility index (Phi) is 6.20. The number of hydrogen-bond acceptors (Lipinski definition) is 5. The molecule has 0 unspecified atom stereocenters. The second-order valence-corrected chi connectivity index (χ2v) is 6.78. The average Bonchev–Trinajstić information content (AvgIpc) is 3.13. The van der Waals surface area contributed by atoms with E-state index in [9.17, 15) is 4.79 Å². The second-order valence-electron chi connectivity index (χ2n) is 5.74. The molecule has 6 heteroatoms. The molecule has 0 atom stereocenters. The highest BCUT2D eigenvalue weighted by atomic mass is 32.1. The van der Waals surface area contributed by atoms with E-state index < -0.39 is 0 Å². The molecule has 2 aromatic rings. The van der Waals surface area contributed by atoms with Gasteiger partial charge in [0.25, 0.3) is 0 Å². The molecule has 128 valence electrons. The molecule has 2 aromatic heterocycles. The summed E-state index contributed by atoms with van der Waals surface area (Å²) in [5.74, 6) is 0.978. The maximum Gasteiger partial charge on any atom is 0.227 e. The number of pyridine rings is 1. The second kappa shape index (κ2) is 8.80. The molecule has 0 N–H and O–H groups in total. The monoisotopic (exact) mass is 346 g/mol. The van der Waals surface area contributed by atoms with Crippen LogP contribution in [0.15, 0.2) is 42.0 Å². The van der Waals surface area contributed by atoms with E-state index in [2.05, 4.69) is 4.98 Å². The Labute approximate surface area is 146 Å². The van der Waals surface area contributed by atoms with Crippen molar-refractivity contribution in [2.75, 3.05) is 26.3 Å². The number of thiophene rings is 1. The fourth-order valence-corrected chi connectivity index (χ4v) is 3.45. The molecule has 5 nitrogen and oxygen atoms in total. The van der Waals surface area contributed by atoms with Gasteiger partial charge >= 0.3 is 0 Å². The molecule has 1 aliphatic heterocycles. The first-order valence-corrected chi connectivity index (χ1v) is 9.14. The van der Waals surface area contributed by atoms with Crippen LogP contribution in [0.5, 0.6) is 5.75 Å². The first kappa shape index (κ1) is 16.9. The van der Waals surface area contributed by atoms with Crippen LogP contribution >= 0.6 is 11.3 Å². The van der Waals surface area contributed by atoms with Gasteiger partial charge in [-0.15, -0.1) is 11.3 Å². The third kappa shape index (κ3) is 5.04. The largest absolute Gasteiger partial charge is 0.490 e. The smallest absolute Gasteiger partial charge is 0.227 e. The fourth-order valence-electron chi connectivity index (χ4n) is 2.75. The summed E-state index contributed by atoms with van der Waals surface area (Å²) in [5, 5.41) is 2.01. The molecule has 24 heavy (non-hydrogen) atoms. The summed E-state index contributed by atoms with van der Waals surface area (Å²) in [6.45, 7) is 2.63. The highest BCUT2D eigenvalue weighted by Crippen LogP contribution is 2.17. The highest BCUT2D eigenvalue weighted by Gasteiger charge is 2.23. The summed E-state index contributed by atoms with van der Waals surface area (Å²) in [6.07, 6.45) is 5.93. The summed E-state index contributed by atoms with van der Waals surface area (Å²) in [4.78, 5) is 19.3. The van der Waals surface area contributed by atoms with Gasteiger partial charge in [0.2, 0.25) is 5.91 Å². The topological polar surface area (TPSA) is 51.7 Å². The summed E-state index contributed by atoms with van der Waals surface area (Å²) < 4.78 is 11.4. The number of nitrogens with zero attached hydrogens (tertiary/aromatic N) is 2. The lowest BCUT2D eigenvalue weighted by Crippen LogP contribution is -2.41. The van der Waals surface area contributed by atoms with Crippen LogP contribution in [0, 0.1) is 0 Å². The Bertz CT molecular complexity index is 610. The average molecular weight is 346 g/mol. The van der Waals surface area contributed by atoms with Crippen LogP contribution in [0.1, 0.15) is 17.7 Å². The van der Waals surface area contributed by atoms with Crippen molar-refractivity contribution in [2.45, 2.75) is 25.4 Å². The standard InChI is InChI=1S/C18H22N2O3S/c21-18(13-17-4-2-12-24-17)20-8-5-15(6-9-20)22-10-11-23-16-3-1-7-19-14-16/h1-4,7,12,14-15H,5-6,8-11,13H2. The van der Waals surface area contributed by atoms with Gasteiger partial charge in [-0.3, -0.25) is 9.78 Å². The minimum absolute atomic E-state index is 0.216. The lowest BCUT2D eigenvalue weighted by Gasteiger charge is -2.32. The van der Waals surface area contributed by atoms with Gasteiger partial charge in [-0.05, 0) is 36.4 Å². The summed E-state index contributed by atoms with van der Waals surface area (Å²) in [6, 6.07) is 7.73. The minimum atomic E-state index is 0.216. The van der Waals surface area contributed by atoms with Gasteiger partial charge < -0.3 is 14.4 Å². The van der Waals surface area contributed by atoms with E-state index in [-0.39, 0.29) is 12.0 Å². The van der Waals surface area contributed by atoms with Crippen molar-refractivity contribution in [3.8, 4) is 5.75 Å². The van der Waals surface area contributed by atoms with Gasteiger partial charge in [-0.1, -0.05) is 6.07 Å². The van der Waals surface area contributed by atoms with Crippen LogP contribution in [-0.2, 0) is 16.0 Å². The van der Waals surface area contributed by atoms with E-state index >= 15 is 0 Å². The van der Waals surface area contributed by atoms with Crippen LogP contribution in [0.4, 0.5) is 0 Å². The number of rotatable bonds is 7. The SMILES string of the molecule is O=C(Cc1cccs1)N1CCC(OCCOc2cccnc2)CC1. The molecule has 0 aliphatic carbocycles. The first-order chi connectivity index (χ1) is 11.8. The van der Waals surface area contributed by atoms with Crippen LogP contribution in [0.2, 0.25) is 0 Å². The van der Waals surface area contributed by atoms with Crippen molar-refractivity contribution in [3.63, 3.8) is 0 Å². The molecule has 0 bridgehead atoms. The van der Waals surface area contributed by atoms with Gasteiger partial charge in [-0.2, -0.15) is 0 Å². The van der Waals surface area contributed by atoms with E-state index in [0.29, 0.717) is 19.6 Å². The van der Waals surface area contributed by atoms with Crippen LogP contribution in [0.25, 0.3) is 0 Å². The lowest BCUT2D eigenvalue weighted by molar-refractivity contribution is -0.133. The zero-order valence-corrected chi connectivity index (χ0v) is 14.4. The Balaban J connectivity index is 1.31. The van der Waals surface area contributed by atoms with Crippen molar-refractivity contribution in [1.29, 1.82) is 0 Å². The summed E-state index contributed by atoms with van der Waals surface area (Å²) in [5.41, 5.74) is 0. The maximum atomic E-state index is 12.3. The molecule has 1 saturated heterocycles. The molecule has 0 aromatic carbocycles. The van der Waals surface area contributed by atoms with Crippen molar-refractivity contribution in [3.05, 3.63) is 46.9 Å². The fraction of sp³-hybridized carbons (Fsp3) is 0.444. The van der Waals surface area contributed by atoms with Crippen LogP contribution in [0.3, 0.4) is 0 Å². The van der Waals surface area contributed by atoms with Crippen molar-refractivity contribution in [2.24, 2.45) is 0 Å². The number of amides is 1. The number of likely N-dealkylation sites (tertiary alicyclic amines) is 1. The summed E-state index contributed by atoms with van der Waals surface area (Å²) in [7, 11) is 0. The number of ether oxygens (including phenoxy) is 2. The van der Waals surface area contributed by atoms with E-state index in [1.807, 2.05) is 34.5 Å². The normalized spacial score (nSPS) is 15.4. The van der Waals surface area contributed by atoms with Gasteiger partial charge in [0, 0.05) is 24.2 Å². The predicted molar refractivity (Wildman–Crippen MR) is 93.3 cm³/mol. The Morgan fingerprint density at radius 2 is 2.12 bits per heavy atom. The van der Waals surface area contributed by atoms with E-state index in [0.717, 1.165) is 36.6 Å². The third-order valence-corrected chi connectivity index (χ3v) is 4.92. The van der Waals surface area contributed by atoms with Gasteiger partial charge in [0.15, 0.2) is 0 Å². The maximum absolute atomic E-state index is 12.3. The number of piperidine rings is 1. The predicted octanol–water partition coefficient (Wildman–Crippen LogP) is 2.77. The molecular formula is C18H22N2O3S. The van der Waals surface area contributed by atoms with Crippen LogP contribution in [-0.4, -0.2) is 48.2 Å². The molecule has 1 amide bonds. The van der Waals surface area contributed by atoms with Crippen LogP contribution < -0.4 is 4.74 Å². The highest BCUT2D eigenvalue weighted by molar-refractivity contribution is 7.10. The zero-order valence-electron chi connectivity index (χ0n) is 13.6. The number of aromatic nitrogens is 1. The number of carbonyl (C=O) groups is 1. The molecule has 1 fully saturated rings. The number of carbonyl (C=O) groups excluding carboxylic acids is 1. The Morgan fingerprint density at radius 3 is 2.83 bits per heavy atom. The van der Waals surface area contributed by atoms with Gasteiger partial charge in [-0.25, -0.2) is 0 Å². The van der Waals surface area contributed by atoms with E-state index in [4.69, 9.17) is 9.47 Å². The minimum Gasteiger partial charge on any atom is -0.490 e. The molecule has 0 saturated carbocycles. The third-order valence-electron chi connectivity index (χ3n) is 4.04. The molecular weight excluding hydrogens is 324 g/mol. The quantitative estimate of drug-likeness (QED) is 0.724. The lowest BCUT2D eigenvalue weighted by atomic mass is 10.1. The van der Waals surface area contributed by atoms with Crippen molar-refractivity contribution < 1.29 is 14.3 Å².